The molecule has 0 aliphatic heterocycles. The van der Waals surface area contributed by atoms with E-state index in [4.69, 9.17) is 4.74 Å². The highest BCUT2D eigenvalue weighted by Gasteiger charge is 2.10. The van der Waals surface area contributed by atoms with Crippen molar-refractivity contribution in [1.29, 1.82) is 0 Å². The highest BCUT2D eigenvalue weighted by molar-refractivity contribution is 9.10. The number of aryl methyl sites for hydroxylation is 1. The van der Waals surface area contributed by atoms with Crippen LogP contribution >= 0.6 is 15.9 Å². The minimum Gasteiger partial charge on any atom is -0.434 e. The Balaban J connectivity index is 2.42. The van der Waals surface area contributed by atoms with Crippen LogP contribution in [0.3, 0.4) is 0 Å². The Morgan fingerprint density at radius 3 is 2.79 bits per heavy atom. The van der Waals surface area contributed by atoms with E-state index in [9.17, 15) is 4.79 Å². The topological polar surface area (TPSA) is 44.1 Å². The van der Waals surface area contributed by atoms with Gasteiger partial charge in [-0.15, -0.1) is 0 Å². The van der Waals surface area contributed by atoms with Crippen molar-refractivity contribution >= 4 is 15.9 Å². The molecule has 0 aliphatic carbocycles. The number of rotatable bonds is 3. The van der Waals surface area contributed by atoms with E-state index in [1.807, 2.05) is 39.0 Å². The molecule has 2 rings (SSSR count). The fraction of sp³-hybridized carbons (Fsp3) is 0.286. The quantitative estimate of drug-likeness (QED) is 0.865. The van der Waals surface area contributed by atoms with E-state index >= 15 is 0 Å². The molecule has 0 amide bonds. The fourth-order valence-electron chi connectivity index (χ4n) is 1.67. The molecule has 0 spiro atoms. The molecule has 0 atom stereocenters. The molecule has 0 fully saturated rings. The Labute approximate surface area is 120 Å². The van der Waals surface area contributed by atoms with Crippen molar-refractivity contribution in [3.05, 3.63) is 51.0 Å². The third kappa shape index (κ3) is 3.04. The second-order valence-electron chi connectivity index (χ2n) is 4.55. The molecule has 0 saturated carbocycles. The molecule has 0 saturated heterocycles. The van der Waals surface area contributed by atoms with Gasteiger partial charge in [0.25, 0.3) is 5.88 Å². The van der Waals surface area contributed by atoms with Crippen LogP contribution in [0.5, 0.6) is 11.6 Å². The molecule has 0 radical (unpaired) electrons. The van der Waals surface area contributed by atoms with E-state index in [1.165, 1.54) is 0 Å². The van der Waals surface area contributed by atoms with Crippen molar-refractivity contribution in [2.45, 2.75) is 26.8 Å². The summed E-state index contributed by atoms with van der Waals surface area (Å²) in [6.45, 7) is 5.80. The molecule has 0 unspecified atom stereocenters. The monoisotopic (exact) mass is 322 g/mol. The van der Waals surface area contributed by atoms with Crippen LogP contribution in [0.4, 0.5) is 0 Å². The van der Waals surface area contributed by atoms with E-state index in [-0.39, 0.29) is 17.5 Å². The van der Waals surface area contributed by atoms with E-state index < -0.39 is 0 Å². The average Bonchev–Trinajstić information content (AvgIpc) is 2.36. The summed E-state index contributed by atoms with van der Waals surface area (Å²) in [5.74, 6) is 0.720. The van der Waals surface area contributed by atoms with Crippen LogP contribution in [-0.2, 0) is 0 Å². The second-order valence-corrected chi connectivity index (χ2v) is 5.47. The second kappa shape index (κ2) is 5.57. The first kappa shape index (κ1) is 13.8. The van der Waals surface area contributed by atoms with Gasteiger partial charge in [-0.3, -0.25) is 4.79 Å². The maximum absolute atomic E-state index is 12.2. The van der Waals surface area contributed by atoms with Gasteiger partial charge < -0.3 is 9.30 Å². The summed E-state index contributed by atoms with van der Waals surface area (Å²) in [7, 11) is 0. The van der Waals surface area contributed by atoms with Gasteiger partial charge in [-0.2, -0.15) is 0 Å². The summed E-state index contributed by atoms with van der Waals surface area (Å²) in [5.41, 5.74) is 0.723. The van der Waals surface area contributed by atoms with Crippen molar-refractivity contribution in [1.82, 2.24) is 9.55 Å². The zero-order valence-electron chi connectivity index (χ0n) is 11.1. The number of ether oxygens (including phenoxy) is 1. The van der Waals surface area contributed by atoms with Gasteiger partial charge in [0.1, 0.15) is 5.75 Å². The zero-order chi connectivity index (χ0) is 14.0. The number of halogens is 1. The van der Waals surface area contributed by atoms with Crippen molar-refractivity contribution < 1.29 is 4.74 Å². The molecule has 1 aromatic carbocycles. The SMILES string of the molecule is Cc1ccc(Br)cc1Oc1nccn(C(C)C)c1=O. The first-order valence-electron chi connectivity index (χ1n) is 6.00. The van der Waals surface area contributed by atoms with Gasteiger partial charge in [0.05, 0.1) is 0 Å². The minimum absolute atomic E-state index is 0.0708. The normalized spacial score (nSPS) is 10.8. The highest BCUT2D eigenvalue weighted by Crippen LogP contribution is 2.25. The molecular formula is C14H15BrN2O2. The smallest absolute Gasteiger partial charge is 0.313 e. The summed E-state index contributed by atoms with van der Waals surface area (Å²) >= 11 is 3.38. The molecule has 1 aromatic heterocycles. The molecule has 100 valence electrons. The predicted molar refractivity (Wildman–Crippen MR) is 77.8 cm³/mol. The number of hydrogen-bond acceptors (Lipinski definition) is 3. The van der Waals surface area contributed by atoms with E-state index in [0.717, 1.165) is 10.0 Å². The van der Waals surface area contributed by atoms with Crippen LogP contribution in [-0.4, -0.2) is 9.55 Å². The van der Waals surface area contributed by atoms with Crippen LogP contribution in [0, 0.1) is 6.92 Å². The minimum atomic E-state index is -0.225. The number of nitrogens with zero attached hydrogens (tertiary/aromatic N) is 2. The Hall–Kier alpha value is -1.62. The van der Waals surface area contributed by atoms with E-state index in [1.54, 1.807) is 17.0 Å². The van der Waals surface area contributed by atoms with E-state index in [2.05, 4.69) is 20.9 Å². The third-order valence-corrected chi connectivity index (χ3v) is 3.24. The molecule has 4 nitrogen and oxygen atoms in total. The highest BCUT2D eigenvalue weighted by atomic mass is 79.9. The Morgan fingerprint density at radius 2 is 2.11 bits per heavy atom. The van der Waals surface area contributed by atoms with Gasteiger partial charge in [0.15, 0.2) is 0 Å². The first-order chi connectivity index (χ1) is 8.99. The molecule has 2 aromatic rings. The summed E-state index contributed by atoms with van der Waals surface area (Å²) in [5, 5.41) is 0. The van der Waals surface area contributed by atoms with Crippen LogP contribution in [0.2, 0.25) is 0 Å². The maximum atomic E-state index is 12.2. The van der Waals surface area contributed by atoms with Gasteiger partial charge >= 0.3 is 5.56 Å². The van der Waals surface area contributed by atoms with Gasteiger partial charge in [-0.25, -0.2) is 4.98 Å². The zero-order valence-corrected chi connectivity index (χ0v) is 12.6. The molecule has 0 bridgehead atoms. The molecule has 0 aliphatic rings. The van der Waals surface area contributed by atoms with E-state index in [0.29, 0.717) is 5.75 Å². The van der Waals surface area contributed by atoms with Crippen molar-refractivity contribution in [2.75, 3.05) is 0 Å². The summed E-state index contributed by atoms with van der Waals surface area (Å²) in [6, 6.07) is 5.74. The van der Waals surface area contributed by atoms with Crippen LogP contribution < -0.4 is 10.3 Å². The van der Waals surface area contributed by atoms with Crippen molar-refractivity contribution in [3.63, 3.8) is 0 Å². The van der Waals surface area contributed by atoms with Gasteiger partial charge in [-0.05, 0) is 38.5 Å². The lowest BCUT2D eigenvalue weighted by molar-refractivity contribution is 0.434. The predicted octanol–water partition coefficient (Wildman–Crippen LogP) is 3.69. The largest absolute Gasteiger partial charge is 0.434 e. The average molecular weight is 323 g/mol. The molecule has 0 N–H and O–H groups in total. The number of aromatic nitrogens is 2. The fourth-order valence-corrected chi connectivity index (χ4v) is 2.01. The van der Waals surface area contributed by atoms with Crippen LogP contribution in [0.25, 0.3) is 0 Å². The summed E-state index contributed by atoms with van der Waals surface area (Å²) < 4.78 is 8.13. The van der Waals surface area contributed by atoms with Crippen LogP contribution in [0.15, 0.2) is 39.9 Å². The van der Waals surface area contributed by atoms with Gasteiger partial charge in [0, 0.05) is 22.9 Å². The molecule has 19 heavy (non-hydrogen) atoms. The summed E-state index contributed by atoms with van der Waals surface area (Å²) in [6.07, 6.45) is 3.23. The van der Waals surface area contributed by atoms with Crippen molar-refractivity contribution in [3.8, 4) is 11.6 Å². The number of benzene rings is 1. The Bertz CT molecular complexity index is 650. The molecule has 1 heterocycles. The lowest BCUT2D eigenvalue weighted by Gasteiger charge is -2.12. The van der Waals surface area contributed by atoms with Gasteiger partial charge in [0.2, 0.25) is 0 Å². The summed E-state index contributed by atoms with van der Waals surface area (Å²) in [4.78, 5) is 16.2. The Morgan fingerprint density at radius 1 is 1.37 bits per heavy atom. The lowest BCUT2D eigenvalue weighted by atomic mass is 10.2. The number of hydrogen-bond donors (Lipinski definition) is 0. The third-order valence-electron chi connectivity index (χ3n) is 2.75. The molecule has 5 heteroatoms. The lowest BCUT2D eigenvalue weighted by Crippen LogP contribution is -2.23. The maximum Gasteiger partial charge on any atom is 0.313 e. The van der Waals surface area contributed by atoms with Crippen LogP contribution in [0.1, 0.15) is 25.5 Å². The molecular weight excluding hydrogens is 308 g/mol. The Kier molecular flexibility index (Phi) is 4.04. The van der Waals surface area contributed by atoms with Crippen molar-refractivity contribution in [2.24, 2.45) is 0 Å². The standard InChI is InChI=1S/C14H15BrN2O2/c1-9(2)17-7-6-16-13(14(17)18)19-12-8-11(15)5-4-10(12)3/h4-9H,1-3H3. The first-order valence-corrected chi connectivity index (χ1v) is 6.79. The van der Waals surface area contributed by atoms with Gasteiger partial charge in [-0.1, -0.05) is 22.0 Å².